The smallest absolute Gasteiger partial charge is 0.218 e. The molecule has 0 bridgehead atoms. The molecule has 36 nitrogen and oxygen atoms in total. The Morgan fingerprint density at radius 3 is 1.50 bits per heavy atom. The van der Waals surface area contributed by atoms with Crippen LogP contribution in [-0.4, -0.2) is 223 Å². The molecule has 0 aromatic heterocycles. The molecule has 0 saturated carbocycles. The van der Waals surface area contributed by atoms with Gasteiger partial charge >= 0.3 is 0 Å². The van der Waals surface area contributed by atoms with Crippen molar-refractivity contribution in [2.24, 2.45) is 0 Å². The predicted octanol–water partition coefficient (Wildman–Crippen LogP) is -13.2. The minimum Gasteiger partial charge on any atom is -0.735 e. The summed E-state index contributed by atoms with van der Waals surface area (Å²) in [7, 11) is -34.3. The van der Waals surface area contributed by atoms with Gasteiger partial charge in [-0.1, -0.05) is 0 Å². The second-order valence-corrected chi connectivity index (χ2v) is 18.9. The summed E-state index contributed by atoms with van der Waals surface area (Å²) in [5.41, 5.74) is 0. The van der Waals surface area contributed by atoms with Crippen molar-refractivity contribution in [2.75, 3.05) is 26.4 Å². The Kier molecular flexibility index (Phi) is 18.4. The third kappa shape index (κ3) is 17.3. The Bertz CT molecular complexity index is 2220. The number of carboxylic acid groups (broad SMARTS) is 1. The van der Waals surface area contributed by atoms with Crippen LogP contribution in [0.5, 0.6) is 0 Å². The molecule has 0 aliphatic carbocycles. The highest BCUT2D eigenvalue weighted by molar-refractivity contribution is 7.84. The zero-order valence-corrected chi connectivity index (χ0v) is 34.5. The molecule has 3 heterocycles. The molecule has 0 aromatic rings. The summed E-state index contributed by atoms with van der Waals surface area (Å²) in [6.45, 7) is -5.13. The first-order valence-corrected chi connectivity index (χ1v) is 24.0. The van der Waals surface area contributed by atoms with E-state index < -0.39 is 186 Å². The number of nitrogens with one attached hydrogen (secondary N) is 3. The molecule has 0 unspecified atom stereocenters. The highest BCUT2D eigenvalue weighted by atomic mass is 32.3. The number of aliphatic hydroxyl groups excluding tert-OH is 4. The fourth-order valence-corrected chi connectivity index (χ4v) is 8.18. The van der Waals surface area contributed by atoms with E-state index in [1.807, 2.05) is 0 Å². The van der Waals surface area contributed by atoms with Gasteiger partial charge in [0.05, 0.1) is 25.8 Å². The maximum Gasteiger partial charge on any atom is 0.218 e. The average molecular weight is 1030 g/mol. The van der Waals surface area contributed by atoms with Crippen LogP contribution in [0.1, 0.15) is 0 Å². The number of carbonyl (C=O) groups is 1. The number of carbonyl (C=O) groups excluding carboxylic acids is 1. The van der Waals surface area contributed by atoms with Crippen LogP contribution in [-0.2, 0) is 108 Å². The fourth-order valence-electron chi connectivity index (χ4n) is 5.60. The van der Waals surface area contributed by atoms with Crippen molar-refractivity contribution in [1.82, 2.24) is 14.2 Å². The number of carboxylic acids is 1. The van der Waals surface area contributed by atoms with Gasteiger partial charge < -0.3 is 86.1 Å². The summed E-state index contributed by atoms with van der Waals surface area (Å²) >= 11 is 0. The molecular formula is C20H30N3O33S6-7. The van der Waals surface area contributed by atoms with E-state index in [0.717, 1.165) is 4.72 Å². The predicted molar refractivity (Wildman–Crippen MR) is 168 cm³/mol. The largest absolute Gasteiger partial charge is 0.735 e. The lowest BCUT2D eigenvalue weighted by atomic mass is 9.95. The number of aliphatic hydroxyl groups is 4. The van der Waals surface area contributed by atoms with E-state index in [2.05, 4.69) is 12.5 Å². The maximum atomic E-state index is 12.4. The van der Waals surface area contributed by atoms with Crippen LogP contribution < -0.4 is 19.3 Å². The van der Waals surface area contributed by atoms with Gasteiger partial charge in [-0.25, -0.2) is 64.7 Å². The van der Waals surface area contributed by atoms with E-state index in [-0.39, 0.29) is 0 Å². The van der Waals surface area contributed by atoms with Gasteiger partial charge in [0.25, 0.3) is 0 Å². The average Bonchev–Trinajstić information content (AvgIpc) is 3.07. The highest BCUT2D eigenvalue weighted by Crippen LogP contribution is 2.35. The van der Waals surface area contributed by atoms with Gasteiger partial charge in [-0.2, -0.15) is 0 Å². The van der Waals surface area contributed by atoms with Crippen LogP contribution in [0.3, 0.4) is 0 Å². The van der Waals surface area contributed by atoms with Gasteiger partial charge in [-0.15, -0.1) is 0 Å². The molecule has 0 aromatic carbocycles. The SMILES string of the molecule is O=C([O-])[C@H]1O[C@@H](O[C@H]2[C@H](O)[C@@H](NS(=O)(=O)[O-])[C@@H](OCCNS(=O)(=O)[O-])O[C@@H]2COS(=O)(=O)[O-])[C@H](OS(=O)(=O)[O-])[C@@H](O)[C@@H]1O[C@H]1O[C@H](COS(=O)(=O)[O-])[C@@H](O)[C@H](O)[C@H]1NS(=O)(=O)[O-]. The van der Waals surface area contributed by atoms with Crippen molar-refractivity contribution in [1.29, 1.82) is 0 Å². The first-order chi connectivity index (χ1) is 28.0. The van der Waals surface area contributed by atoms with Crippen LogP contribution in [0.25, 0.3) is 0 Å². The van der Waals surface area contributed by atoms with Gasteiger partial charge in [0, 0.05) is 6.54 Å². The zero-order chi connectivity index (χ0) is 47.6. The standard InChI is InChI=1S/C20H37N3O33S6/c24-9-5(3-49-60(39,40)41)51-19(7(10(9)25)22-58(33,34)35)54-14-12(27)15(56-62(45,46)47)20(55-16(14)17(28)29)53-13-6(4-50-61(42,43)44)52-18(48-2-1-21-57(30,31)32)8(11(13)26)23-59(36,37)38/h5-16,18-27H,1-4H2,(H,28,29)(H,30,31,32)(H,33,34,35)(H,36,37,38)(H,39,40,41)(H,42,43,44)(H,45,46,47)/p-7/t5-,6-,7-,8-,9-,10-,11-,12+,13-,14+,15-,16+,18+,19-,20-/m1/s1. The molecule has 3 aliphatic rings. The van der Waals surface area contributed by atoms with E-state index >= 15 is 0 Å². The van der Waals surface area contributed by atoms with E-state index in [0.29, 0.717) is 0 Å². The molecule has 7 N–H and O–H groups in total. The summed E-state index contributed by atoms with van der Waals surface area (Å²) in [6, 6.07) is -5.15. The summed E-state index contributed by atoms with van der Waals surface area (Å²) in [4.78, 5) is 12.4. The minimum absolute atomic E-state index is 0.940. The van der Waals surface area contributed by atoms with Gasteiger partial charge in [-0.05, 0) is 0 Å². The third-order valence-electron chi connectivity index (χ3n) is 7.92. The van der Waals surface area contributed by atoms with E-state index in [4.69, 9.17) is 28.4 Å². The Morgan fingerprint density at radius 2 is 1.03 bits per heavy atom. The molecule has 3 saturated heterocycles. The third-order valence-corrected chi connectivity index (χ3v) is 10.9. The summed E-state index contributed by atoms with van der Waals surface area (Å²) in [5.74, 6) is -2.59. The highest BCUT2D eigenvalue weighted by Gasteiger charge is 2.56. The van der Waals surface area contributed by atoms with E-state index in [1.54, 1.807) is 0 Å². The van der Waals surface area contributed by atoms with Gasteiger partial charge in [0.1, 0.15) is 67.0 Å². The van der Waals surface area contributed by atoms with Crippen molar-refractivity contribution in [2.45, 2.75) is 92.0 Å². The molecule has 42 heteroatoms. The molecule has 366 valence electrons. The molecule has 0 spiro atoms. The molecule has 3 fully saturated rings. The Morgan fingerprint density at radius 1 is 0.548 bits per heavy atom. The Balaban J connectivity index is 2.09. The lowest BCUT2D eigenvalue weighted by molar-refractivity contribution is -0.379. The minimum atomic E-state index is -6.22. The van der Waals surface area contributed by atoms with E-state index in [9.17, 15) is 108 Å². The summed E-state index contributed by atoms with van der Waals surface area (Å²) in [6.07, 6.45) is -35.7. The van der Waals surface area contributed by atoms with Gasteiger partial charge in [0.2, 0.25) is 31.2 Å². The number of hydrogen-bond donors (Lipinski definition) is 7. The lowest BCUT2D eigenvalue weighted by Crippen LogP contribution is -2.70. The molecule has 0 amide bonds. The quantitative estimate of drug-likeness (QED) is 0.0301. The van der Waals surface area contributed by atoms with Crippen LogP contribution in [0.4, 0.5) is 0 Å². The number of aliphatic carboxylic acids is 1. The number of ether oxygens (including phenoxy) is 6. The maximum absolute atomic E-state index is 12.4. The fraction of sp³-hybridized carbons (Fsp3) is 0.950. The molecular weight excluding hydrogens is 1000 g/mol. The molecule has 3 aliphatic heterocycles. The van der Waals surface area contributed by atoms with Gasteiger partial charge in [0.15, 0.2) is 55.9 Å². The van der Waals surface area contributed by atoms with Gasteiger partial charge in [-0.3, -0.25) is 12.5 Å². The second kappa shape index (κ2) is 20.9. The monoisotopic (exact) mass is 1030 g/mol. The van der Waals surface area contributed by atoms with Crippen molar-refractivity contribution in [3.8, 4) is 0 Å². The lowest BCUT2D eigenvalue weighted by Gasteiger charge is -2.50. The molecule has 0 radical (unpaired) electrons. The normalized spacial score (nSPS) is 35.7. The zero-order valence-electron chi connectivity index (χ0n) is 29.6. The summed E-state index contributed by atoms with van der Waals surface area (Å²) < 4.78 is 251. The molecule has 15 atom stereocenters. The van der Waals surface area contributed by atoms with Crippen LogP contribution in [0.15, 0.2) is 0 Å². The molecule has 3 rings (SSSR count). The van der Waals surface area contributed by atoms with Crippen LogP contribution in [0.2, 0.25) is 0 Å². The van der Waals surface area contributed by atoms with Crippen LogP contribution >= 0.6 is 0 Å². The van der Waals surface area contributed by atoms with Crippen molar-refractivity contribution >= 4 is 68.1 Å². The first kappa shape index (κ1) is 54.6. The Labute approximate surface area is 348 Å². The summed E-state index contributed by atoms with van der Waals surface area (Å²) in [5, 5.41) is 55.7. The Hall–Kier alpha value is -1.71. The van der Waals surface area contributed by atoms with Crippen molar-refractivity contribution in [3.05, 3.63) is 0 Å². The topological polar surface area (TPSA) is 583 Å². The second-order valence-electron chi connectivity index (χ2n) is 12.3. The molecule has 62 heavy (non-hydrogen) atoms. The number of hydrogen-bond acceptors (Lipinski definition) is 33. The van der Waals surface area contributed by atoms with Crippen molar-refractivity contribution < 1.29 is 149 Å². The van der Waals surface area contributed by atoms with Crippen LogP contribution in [0, 0.1) is 0 Å². The number of rotatable bonds is 22. The van der Waals surface area contributed by atoms with E-state index in [1.165, 1.54) is 9.44 Å². The first-order valence-electron chi connectivity index (χ1n) is 15.8. The van der Waals surface area contributed by atoms with Crippen molar-refractivity contribution in [3.63, 3.8) is 0 Å².